The highest BCUT2D eigenvalue weighted by molar-refractivity contribution is 6.18. The topological polar surface area (TPSA) is 61.8 Å². The minimum Gasteiger partial charge on any atom is -0.487 e. The number of carbonyl (C=O) groups excluding carboxylic acids is 2. The highest BCUT2D eigenvalue weighted by Gasteiger charge is 2.39. The van der Waals surface area contributed by atoms with E-state index in [9.17, 15) is 31.5 Å². The molecule has 0 aliphatic carbocycles. The van der Waals surface area contributed by atoms with Crippen LogP contribution in [-0.4, -0.2) is 30.8 Å². The third-order valence-corrected chi connectivity index (χ3v) is 3.10. The van der Waals surface area contributed by atoms with E-state index < -0.39 is 53.8 Å². The van der Waals surface area contributed by atoms with Crippen LogP contribution in [0.2, 0.25) is 0 Å². The summed E-state index contributed by atoms with van der Waals surface area (Å²) in [6, 6.07) is 2.33. The summed E-state index contributed by atoms with van der Waals surface area (Å²) in [5, 5.41) is 0. The fourth-order valence-corrected chi connectivity index (χ4v) is 2.08. The van der Waals surface area contributed by atoms with Gasteiger partial charge in [0.1, 0.15) is 17.9 Å². The minimum absolute atomic E-state index is 0.0640. The number of alkyl halides is 5. The molecule has 0 N–H and O–H groups in total. The van der Waals surface area contributed by atoms with Gasteiger partial charge >= 0.3 is 18.1 Å². The lowest BCUT2D eigenvalue weighted by Crippen LogP contribution is -2.41. The van der Waals surface area contributed by atoms with Crippen molar-refractivity contribution in [3.8, 4) is 5.75 Å². The molecule has 1 heterocycles. The van der Waals surface area contributed by atoms with E-state index in [1.165, 1.54) is 13.8 Å². The van der Waals surface area contributed by atoms with Crippen LogP contribution in [0.25, 0.3) is 6.08 Å². The molecule has 142 valence electrons. The van der Waals surface area contributed by atoms with E-state index in [4.69, 9.17) is 9.47 Å². The van der Waals surface area contributed by atoms with Gasteiger partial charge in [-0.2, -0.15) is 13.2 Å². The number of cyclic esters (lactones) is 2. The van der Waals surface area contributed by atoms with E-state index in [1.807, 2.05) is 0 Å². The third-order valence-electron chi connectivity index (χ3n) is 3.10. The molecule has 2 rings (SSSR count). The second-order valence-electron chi connectivity index (χ2n) is 5.69. The quantitative estimate of drug-likeness (QED) is 0.346. The number of hydrogen-bond donors (Lipinski definition) is 0. The van der Waals surface area contributed by atoms with Crippen molar-refractivity contribution in [3.63, 3.8) is 0 Å². The van der Waals surface area contributed by atoms with Crippen molar-refractivity contribution in [2.24, 2.45) is 0 Å². The highest BCUT2D eigenvalue weighted by atomic mass is 19.4. The number of ether oxygens (including phenoxy) is 3. The maximum absolute atomic E-state index is 12.9. The van der Waals surface area contributed by atoms with Crippen molar-refractivity contribution in [2.75, 3.05) is 6.61 Å². The van der Waals surface area contributed by atoms with Gasteiger partial charge in [-0.05, 0) is 23.8 Å². The number of esters is 2. The zero-order valence-electron chi connectivity index (χ0n) is 13.5. The molecule has 0 amide bonds. The monoisotopic (exact) mass is 380 g/mol. The van der Waals surface area contributed by atoms with Crippen LogP contribution in [0.1, 0.15) is 25.0 Å². The molecule has 0 aromatic heterocycles. The molecule has 0 saturated carbocycles. The van der Waals surface area contributed by atoms with Crippen molar-refractivity contribution >= 4 is 18.0 Å². The van der Waals surface area contributed by atoms with E-state index in [0.29, 0.717) is 6.07 Å². The summed E-state index contributed by atoms with van der Waals surface area (Å²) < 4.78 is 77.6. The van der Waals surface area contributed by atoms with Gasteiger partial charge in [-0.1, -0.05) is 6.07 Å². The van der Waals surface area contributed by atoms with Crippen LogP contribution in [0.5, 0.6) is 5.75 Å². The molecule has 1 aromatic rings. The predicted molar refractivity (Wildman–Crippen MR) is 77.2 cm³/mol. The summed E-state index contributed by atoms with van der Waals surface area (Å²) in [6.45, 7) is 1.41. The lowest BCUT2D eigenvalue weighted by atomic mass is 10.1. The van der Waals surface area contributed by atoms with Crippen LogP contribution in [0.3, 0.4) is 0 Å². The zero-order valence-corrected chi connectivity index (χ0v) is 13.5. The summed E-state index contributed by atoms with van der Waals surface area (Å²) in [5.41, 5.74) is -1.88. The summed E-state index contributed by atoms with van der Waals surface area (Å²) in [6.07, 6.45) is -6.89. The molecule has 1 aliphatic heterocycles. The molecule has 0 bridgehead atoms. The second-order valence-corrected chi connectivity index (χ2v) is 5.69. The third kappa shape index (κ3) is 4.70. The maximum atomic E-state index is 12.9. The minimum atomic E-state index is -4.84. The first-order valence-electron chi connectivity index (χ1n) is 7.19. The smallest absolute Gasteiger partial charge is 0.419 e. The average Bonchev–Trinajstić information content (AvgIpc) is 2.47. The molecule has 1 fully saturated rings. The maximum Gasteiger partial charge on any atom is 0.419 e. The Morgan fingerprint density at radius 2 is 1.73 bits per heavy atom. The van der Waals surface area contributed by atoms with E-state index in [0.717, 1.165) is 18.2 Å². The van der Waals surface area contributed by atoms with Crippen LogP contribution in [0.15, 0.2) is 23.8 Å². The van der Waals surface area contributed by atoms with E-state index in [2.05, 4.69) is 4.74 Å². The van der Waals surface area contributed by atoms with Crippen LogP contribution < -0.4 is 4.74 Å². The average molecular weight is 380 g/mol. The molecule has 1 aliphatic rings. The summed E-state index contributed by atoms with van der Waals surface area (Å²) in [7, 11) is 0. The van der Waals surface area contributed by atoms with E-state index in [-0.39, 0.29) is 5.56 Å². The Labute approximate surface area is 144 Å². The molecule has 0 spiro atoms. The van der Waals surface area contributed by atoms with Crippen molar-refractivity contribution < 1.29 is 45.8 Å². The normalized spacial score (nSPS) is 17.0. The van der Waals surface area contributed by atoms with Crippen LogP contribution in [0.4, 0.5) is 22.0 Å². The van der Waals surface area contributed by atoms with Gasteiger partial charge in [0.25, 0.3) is 12.2 Å². The molecule has 0 radical (unpaired) electrons. The van der Waals surface area contributed by atoms with Gasteiger partial charge in [0.05, 0.1) is 5.56 Å². The van der Waals surface area contributed by atoms with Gasteiger partial charge in [-0.15, -0.1) is 0 Å². The number of carbonyl (C=O) groups is 2. The largest absolute Gasteiger partial charge is 0.487 e. The predicted octanol–water partition coefficient (Wildman–Crippen LogP) is 3.57. The molecule has 0 atom stereocenters. The fourth-order valence-electron chi connectivity index (χ4n) is 2.08. The number of halogens is 5. The van der Waals surface area contributed by atoms with Gasteiger partial charge in [0.15, 0.2) is 0 Å². The van der Waals surface area contributed by atoms with Gasteiger partial charge in [0.2, 0.25) is 0 Å². The van der Waals surface area contributed by atoms with E-state index >= 15 is 0 Å². The second kappa shape index (κ2) is 6.93. The number of rotatable bonds is 4. The Morgan fingerprint density at radius 1 is 1.15 bits per heavy atom. The standard InChI is InChI=1S/C16H13F5O5/c1-15(2)25-13(22)9(14(23)26-15)5-8-3-4-10(16(19,20)21)11(6-8)24-7-12(17)18/h3-6,12H,7H2,1-2H3. The summed E-state index contributed by atoms with van der Waals surface area (Å²) in [5.74, 6) is -4.38. The van der Waals surface area contributed by atoms with Gasteiger partial charge in [-0.3, -0.25) is 0 Å². The summed E-state index contributed by atoms with van der Waals surface area (Å²) in [4.78, 5) is 23.7. The first-order chi connectivity index (χ1) is 11.9. The van der Waals surface area contributed by atoms with Crippen LogP contribution >= 0.6 is 0 Å². The van der Waals surface area contributed by atoms with Gasteiger partial charge in [0, 0.05) is 13.8 Å². The number of benzene rings is 1. The van der Waals surface area contributed by atoms with Crippen LogP contribution in [-0.2, 0) is 25.2 Å². The summed E-state index contributed by atoms with van der Waals surface area (Å²) >= 11 is 0. The Balaban J connectivity index is 2.39. The molecular formula is C16H13F5O5. The highest BCUT2D eigenvalue weighted by Crippen LogP contribution is 2.37. The molecular weight excluding hydrogens is 367 g/mol. The van der Waals surface area contributed by atoms with Crippen LogP contribution in [0, 0.1) is 0 Å². The Morgan fingerprint density at radius 3 is 2.23 bits per heavy atom. The molecule has 10 heteroatoms. The fraction of sp³-hybridized carbons (Fsp3) is 0.375. The van der Waals surface area contributed by atoms with E-state index in [1.54, 1.807) is 0 Å². The zero-order chi connectivity index (χ0) is 19.7. The number of hydrogen-bond acceptors (Lipinski definition) is 5. The SMILES string of the molecule is CC1(C)OC(=O)C(=Cc2ccc(C(F)(F)F)c(OCC(F)F)c2)C(=O)O1. The molecule has 26 heavy (non-hydrogen) atoms. The first kappa shape index (κ1) is 19.7. The van der Waals surface area contributed by atoms with Gasteiger partial charge in [-0.25, -0.2) is 18.4 Å². The molecule has 1 aromatic carbocycles. The Kier molecular flexibility index (Phi) is 5.24. The van der Waals surface area contributed by atoms with Crippen molar-refractivity contribution in [3.05, 3.63) is 34.9 Å². The first-order valence-corrected chi connectivity index (χ1v) is 7.19. The Bertz CT molecular complexity index is 730. The van der Waals surface area contributed by atoms with Gasteiger partial charge < -0.3 is 14.2 Å². The van der Waals surface area contributed by atoms with Crippen molar-refractivity contribution in [1.29, 1.82) is 0 Å². The molecule has 0 unspecified atom stereocenters. The molecule has 1 saturated heterocycles. The van der Waals surface area contributed by atoms with Crippen molar-refractivity contribution in [1.82, 2.24) is 0 Å². The lowest BCUT2D eigenvalue weighted by molar-refractivity contribution is -0.222. The lowest BCUT2D eigenvalue weighted by Gasteiger charge is -2.29. The molecule has 5 nitrogen and oxygen atoms in total. The Hall–Kier alpha value is -2.65. The van der Waals surface area contributed by atoms with Crippen molar-refractivity contribution in [2.45, 2.75) is 32.2 Å².